The molecule has 0 aromatic rings. The van der Waals surface area contributed by atoms with E-state index < -0.39 is 0 Å². The highest BCUT2D eigenvalue weighted by Crippen LogP contribution is 2.12. The number of hydrogen-bond donors (Lipinski definition) is 1. The third kappa shape index (κ3) is 2.46. The van der Waals surface area contributed by atoms with Gasteiger partial charge in [0, 0.05) is 12.6 Å². The van der Waals surface area contributed by atoms with Gasteiger partial charge in [-0.15, -0.1) is 0 Å². The van der Waals surface area contributed by atoms with Crippen LogP contribution in [0.4, 0.5) is 0 Å². The maximum absolute atomic E-state index is 5.69. The second kappa shape index (κ2) is 4.07. The lowest BCUT2D eigenvalue weighted by atomic mass is 10.0. The second-order valence-corrected chi connectivity index (χ2v) is 3.46. The molecular weight excluding hydrogens is 138 g/mol. The van der Waals surface area contributed by atoms with Crippen LogP contribution in [0.2, 0.25) is 0 Å². The first-order chi connectivity index (χ1) is 5.24. The molecule has 0 bridgehead atoms. The van der Waals surface area contributed by atoms with Crippen molar-refractivity contribution in [2.75, 3.05) is 6.54 Å². The molecule has 1 heterocycles. The number of morpholine rings is 1. The second-order valence-electron chi connectivity index (χ2n) is 3.46. The minimum absolute atomic E-state index is 0.387. The Morgan fingerprint density at radius 2 is 2.18 bits per heavy atom. The molecule has 3 atom stereocenters. The van der Waals surface area contributed by atoms with Crippen LogP contribution in [0.3, 0.4) is 0 Å². The van der Waals surface area contributed by atoms with Crippen LogP contribution >= 0.6 is 0 Å². The summed E-state index contributed by atoms with van der Waals surface area (Å²) in [6, 6.07) is 0.580. The van der Waals surface area contributed by atoms with Gasteiger partial charge in [-0.2, -0.15) is 0 Å². The Morgan fingerprint density at radius 1 is 1.45 bits per heavy atom. The van der Waals surface area contributed by atoms with E-state index in [2.05, 4.69) is 26.1 Å². The van der Waals surface area contributed by atoms with Gasteiger partial charge >= 0.3 is 0 Å². The molecule has 1 saturated heterocycles. The van der Waals surface area contributed by atoms with Gasteiger partial charge in [0.25, 0.3) is 0 Å². The highest BCUT2D eigenvalue weighted by Gasteiger charge is 2.23. The Hall–Kier alpha value is -0.0800. The van der Waals surface area contributed by atoms with E-state index in [0.29, 0.717) is 18.2 Å². The van der Waals surface area contributed by atoms with Crippen molar-refractivity contribution in [3.05, 3.63) is 0 Å². The first-order valence-corrected chi connectivity index (χ1v) is 4.63. The molecule has 3 unspecified atom stereocenters. The van der Waals surface area contributed by atoms with E-state index in [4.69, 9.17) is 4.74 Å². The maximum atomic E-state index is 5.69. The quantitative estimate of drug-likeness (QED) is 0.656. The van der Waals surface area contributed by atoms with Gasteiger partial charge in [-0.3, -0.25) is 0 Å². The molecule has 1 rings (SSSR count). The number of nitrogens with one attached hydrogen (secondary N) is 1. The van der Waals surface area contributed by atoms with Gasteiger partial charge in [-0.05, 0) is 20.3 Å². The van der Waals surface area contributed by atoms with Crippen molar-refractivity contribution in [1.82, 2.24) is 5.32 Å². The molecular formula is C9H19NO. The van der Waals surface area contributed by atoms with Gasteiger partial charge in [0.05, 0.1) is 12.2 Å². The lowest BCUT2D eigenvalue weighted by Gasteiger charge is -2.34. The van der Waals surface area contributed by atoms with Crippen molar-refractivity contribution in [3.8, 4) is 0 Å². The van der Waals surface area contributed by atoms with Crippen LogP contribution in [-0.2, 0) is 4.74 Å². The Bertz CT molecular complexity index is 116. The summed E-state index contributed by atoms with van der Waals surface area (Å²) in [6.07, 6.45) is 3.24. The number of ether oxygens (including phenoxy) is 1. The summed E-state index contributed by atoms with van der Waals surface area (Å²) in [5, 5.41) is 3.49. The highest BCUT2D eigenvalue weighted by molar-refractivity contribution is 4.79. The number of rotatable bonds is 2. The van der Waals surface area contributed by atoms with E-state index >= 15 is 0 Å². The van der Waals surface area contributed by atoms with Crippen LogP contribution in [0.25, 0.3) is 0 Å². The Balaban J connectivity index is 2.31. The fourth-order valence-electron chi connectivity index (χ4n) is 1.64. The van der Waals surface area contributed by atoms with E-state index in [-0.39, 0.29) is 0 Å². The lowest BCUT2D eigenvalue weighted by Crippen LogP contribution is -2.50. The summed E-state index contributed by atoms with van der Waals surface area (Å²) in [6.45, 7) is 7.50. The van der Waals surface area contributed by atoms with Crippen molar-refractivity contribution in [2.45, 2.75) is 51.9 Å². The predicted molar refractivity (Wildman–Crippen MR) is 46.7 cm³/mol. The van der Waals surface area contributed by atoms with Crippen LogP contribution < -0.4 is 5.32 Å². The first kappa shape index (κ1) is 9.01. The molecule has 0 saturated carbocycles. The molecule has 1 aliphatic heterocycles. The van der Waals surface area contributed by atoms with E-state index in [0.717, 1.165) is 6.54 Å². The Morgan fingerprint density at radius 3 is 2.73 bits per heavy atom. The molecule has 0 amide bonds. The van der Waals surface area contributed by atoms with Crippen LogP contribution in [0.5, 0.6) is 0 Å². The zero-order valence-corrected chi connectivity index (χ0v) is 7.76. The zero-order chi connectivity index (χ0) is 8.27. The summed E-state index contributed by atoms with van der Waals surface area (Å²) in [5.74, 6) is 0. The summed E-state index contributed by atoms with van der Waals surface area (Å²) >= 11 is 0. The monoisotopic (exact) mass is 157 g/mol. The SMILES string of the molecule is CCCC1NCC(C)OC1C. The normalized spacial score (nSPS) is 39.0. The van der Waals surface area contributed by atoms with Gasteiger partial charge in [-0.25, -0.2) is 0 Å². The average molecular weight is 157 g/mol. The average Bonchev–Trinajstić information content (AvgIpc) is 1.95. The smallest absolute Gasteiger partial charge is 0.0704 e. The van der Waals surface area contributed by atoms with Crippen molar-refractivity contribution in [3.63, 3.8) is 0 Å². The van der Waals surface area contributed by atoms with Gasteiger partial charge < -0.3 is 10.1 Å². The molecule has 0 spiro atoms. The highest BCUT2D eigenvalue weighted by atomic mass is 16.5. The topological polar surface area (TPSA) is 21.3 Å². The fourth-order valence-corrected chi connectivity index (χ4v) is 1.64. The van der Waals surface area contributed by atoms with Gasteiger partial charge in [0.1, 0.15) is 0 Å². The summed E-state index contributed by atoms with van der Waals surface area (Å²) in [4.78, 5) is 0. The predicted octanol–water partition coefficient (Wildman–Crippen LogP) is 1.55. The van der Waals surface area contributed by atoms with Gasteiger partial charge in [-0.1, -0.05) is 13.3 Å². The molecule has 2 nitrogen and oxygen atoms in total. The molecule has 2 heteroatoms. The van der Waals surface area contributed by atoms with Crippen molar-refractivity contribution in [2.24, 2.45) is 0 Å². The molecule has 0 aromatic carbocycles. The fraction of sp³-hybridized carbons (Fsp3) is 1.00. The van der Waals surface area contributed by atoms with Crippen molar-refractivity contribution < 1.29 is 4.74 Å². The molecule has 1 N–H and O–H groups in total. The largest absolute Gasteiger partial charge is 0.373 e. The molecule has 66 valence electrons. The Labute approximate surface area is 69.3 Å². The van der Waals surface area contributed by atoms with Gasteiger partial charge in [0.15, 0.2) is 0 Å². The minimum Gasteiger partial charge on any atom is -0.373 e. The maximum Gasteiger partial charge on any atom is 0.0704 e. The lowest BCUT2D eigenvalue weighted by molar-refractivity contribution is -0.0455. The van der Waals surface area contributed by atoms with Gasteiger partial charge in [0.2, 0.25) is 0 Å². The standard InChI is InChI=1S/C9H19NO/c1-4-5-9-8(3)11-7(2)6-10-9/h7-10H,4-6H2,1-3H3. The molecule has 0 aromatic heterocycles. The zero-order valence-electron chi connectivity index (χ0n) is 7.76. The summed E-state index contributed by atoms with van der Waals surface area (Å²) in [7, 11) is 0. The van der Waals surface area contributed by atoms with Crippen molar-refractivity contribution in [1.29, 1.82) is 0 Å². The van der Waals surface area contributed by atoms with E-state index in [9.17, 15) is 0 Å². The van der Waals surface area contributed by atoms with Crippen molar-refractivity contribution >= 4 is 0 Å². The molecule has 1 fully saturated rings. The minimum atomic E-state index is 0.387. The van der Waals surface area contributed by atoms with Crippen LogP contribution in [0.15, 0.2) is 0 Å². The molecule has 11 heavy (non-hydrogen) atoms. The van der Waals surface area contributed by atoms with E-state index in [1.807, 2.05) is 0 Å². The third-order valence-electron chi connectivity index (χ3n) is 2.28. The summed E-state index contributed by atoms with van der Waals surface area (Å²) in [5.41, 5.74) is 0. The third-order valence-corrected chi connectivity index (χ3v) is 2.28. The number of hydrogen-bond acceptors (Lipinski definition) is 2. The molecule has 1 aliphatic rings. The van der Waals surface area contributed by atoms with Crippen LogP contribution in [0.1, 0.15) is 33.6 Å². The summed E-state index contributed by atoms with van der Waals surface area (Å²) < 4.78 is 5.69. The molecule has 0 aliphatic carbocycles. The molecule has 0 radical (unpaired) electrons. The van der Waals surface area contributed by atoms with Crippen LogP contribution in [-0.4, -0.2) is 24.8 Å². The van der Waals surface area contributed by atoms with Crippen LogP contribution in [0, 0.1) is 0 Å². The van der Waals surface area contributed by atoms with E-state index in [1.165, 1.54) is 12.8 Å². The first-order valence-electron chi connectivity index (χ1n) is 4.63. The van der Waals surface area contributed by atoms with E-state index in [1.54, 1.807) is 0 Å². The Kier molecular flexibility index (Phi) is 3.34.